The minimum absolute atomic E-state index is 0.238. The van der Waals surface area contributed by atoms with Gasteiger partial charge in [-0.05, 0) is 31.4 Å². The lowest BCUT2D eigenvalue weighted by molar-refractivity contribution is 0.118. The minimum Gasteiger partial charge on any atom is -0.493 e. The van der Waals surface area contributed by atoms with Crippen LogP contribution in [0.4, 0.5) is 5.82 Å². The molecule has 2 aliphatic heterocycles. The summed E-state index contributed by atoms with van der Waals surface area (Å²) in [6, 6.07) is 11.0. The van der Waals surface area contributed by atoms with Gasteiger partial charge in [-0.1, -0.05) is 18.2 Å². The maximum atomic E-state index is 5.89. The molecule has 0 bridgehead atoms. The van der Waals surface area contributed by atoms with Gasteiger partial charge in [0.2, 0.25) is 0 Å². The molecule has 1 N–H and O–H groups in total. The van der Waals surface area contributed by atoms with Crippen molar-refractivity contribution < 1.29 is 9.47 Å². The SMILES string of the molecule is CO[C@@H]1C[C@H](CNC2CCCOc3ccccc32)N(c2ccncn2)C1. The Bertz CT molecular complexity index is 712. The number of rotatable bonds is 5. The summed E-state index contributed by atoms with van der Waals surface area (Å²) in [5.41, 5.74) is 1.26. The van der Waals surface area contributed by atoms with Crippen molar-refractivity contribution in [1.82, 2.24) is 15.3 Å². The van der Waals surface area contributed by atoms with Crippen molar-refractivity contribution in [2.75, 3.05) is 31.7 Å². The van der Waals surface area contributed by atoms with Crippen molar-refractivity contribution >= 4 is 5.82 Å². The van der Waals surface area contributed by atoms with Gasteiger partial charge in [0.15, 0.2) is 0 Å². The van der Waals surface area contributed by atoms with Crippen molar-refractivity contribution in [1.29, 1.82) is 0 Å². The molecule has 4 rings (SSSR count). The number of benzene rings is 1. The van der Waals surface area contributed by atoms with Crippen LogP contribution in [-0.2, 0) is 4.74 Å². The van der Waals surface area contributed by atoms with E-state index in [2.05, 4.69) is 38.4 Å². The van der Waals surface area contributed by atoms with Crippen LogP contribution in [0.25, 0.3) is 0 Å². The minimum atomic E-state index is 0.238. The van der Waals surface area contributed by atoms with Crippen LogP contribution in [0, 0.1) is 0 Å². The van der Waals surface area contributed by atoms with Crippen LogP contribution in [0.5, 0.6) is 5.75 Å². The van der Waals surface area contributed by atoms with E-state index in [-0.39, 0.29) is 6.10 Å². The van der Waals surface area contributed by atoms with Crippen molar-refractivity contribution in [3.05, 3.63) is 48.4 Å². The highest BCUT2D eigenvalue weighted by Gasteiger charge is 2.33. The lowest BCUT2D eigenvalue weighted by Gasteiger charge is -2.27. The number of hydrogen-bond acceptors (Lipinski definition) is 6. The third-order valence-electron chi connectivity index (χ3n) is 5.36. The Morgan fingerprint density at radius 3 is 3.08 bits per heavy atom. The number of nitrogens with one attached hydrogen (secondary N) is 1. The van der Waals surface area contributed by atoms with E-state index in [1.807, 2.05) is 12.1 Å². The number of aromatic nitrogens is 2. The van der Waals surface area contributed by atoms with E-state index in [9.17, 15) is 0 Å². The largest absolute Gasteiger partial charge is 0.493 e. The van der Waals surface area contributed by atoms with Gasteiger partial charge in [-0.15, -0.1) is 0 Å². The van der Waals surface area contributed by atoms with Crippen LogP contribution in [0.1, 0.15) is 30.9 Å². The van der Waals surface area contributed by atoms with E-state index in [1.54, 1.807) is 19.6 Å². The molecule has 1 aromatic heterocycles. The molecule has 6 nitrogen and oxygen atoms in total. The van der Waals surface area contributed by atoms with Gasteiger partial charge in [-0.3, -0.25) is 0 Å². The van der Waals surface area contributed by atoms with Gasteiger partial charge >= 0.3 is 0 Å². The van der Waals surface area contributed by atoms with Gasteiger partial charge in [-0.25, -0.2) is 9.97 Å². The van der Waals surface area contributed by atoms with Gasteiger partial charge in [-0.2, -0.15) is 0 Å². The maximum Gasteiger partial charge on any atom is 0.132 e. The Labute approximate surface area is 154 Å². The molecule has 0 radical (unpaired) electrons. The standard InChI is InChI=1S/C20H26N4O2/c1-25-16-11-15(24(13-16)20-8-9-21-14-23-20)12-22-18-6-4-10-26-19-7-3-2-5-17(18)19/h2-3,5,7-9,14-16,18,22H,4,6,10-13H2,1H3/t15-,16-,18?/m1/s1. The number of methoxy groups -OCH3 is 1. The molecular weight excluding hydrogens is 328 g/mol. The summed E-state index contributed by atoms with van der Waals surface area (Å²) >= 11 is 0. The molecule has 138 valence electrons. The summed E-state index contributed by atoms with van der Waals surface area (Å²) in [5, 5.41) is 3.78. The zero-order chi connectivity index (χ0) is 17.8. The highest BCUT2D eigenvalue weighted by atomic mass is 16.5. The molecule has 6 heteroatoms. The van der Waals surface area contributed by atoms with E-state index in [1.165, 1.54) is 5.56 Å². The van der Waals surface area contributed by atoms with Gasteiger partial charge in [0.1, 0.15) is 17.9 Å². The van der Waals surface area contributed by atoms with Crippen LogP contribution in [0.2, 0.25) is 0 Å². The Kier molecular flexibility index (Phi) is 5.32. The topological polar surface area (TPSA) is 59.5 Å². The van der Waals surface area contributed by atoms with E-state index in [0.717, 1.165) is 50.5 Å². The predicted molar refractivity (Wildman–Crippen MR) is 100 cm³/mol. The average molecular weight is 354 g/mol. The van der Waals surface area contributed by atoms with Crippen LogP contribution in [0.3, 0.4) is 0 Å². The number of fused-ring (bicyclic) bond motifs is 1. The Hall–Kier alpha value is -2.18. The first-order chi connectivity index (χ1) is 12.8. The third-order valence-corrected chi connectivity index (χ3v) is 5.36. The third kappa shape index (κ3) is 3.66. The second-order valence-corrected chi connectivity index (χ2v) is 6.96. The molecule has 3 atom stereocenters. The summed E-state index contributed by atoms with van der Waals surface area (Å²) < 4.78 is 11.5. The van der Waals surface area contributed by atoms with Gasteiger partial charge in [0.05, 0.1) is 12.7 Å². The summed E-state index contributed by atoms with van der Waals surface area (Å²) in [4.78, 5) is 10.8. The zero-order valence-electron chi connectivity index (χ0n) is 15.2. The summed E-state index contributed by atoms with van der Waals surface area (Å²) in [5.74, 6) is 1.98. The molecule has 2 aliphatic rings. The fourth-order valence-electron chi connectivity index (χ4n) is 3.99. The molecule has 26 heavy (non-hydrogen) atoms. The molecule has 2 aromatic rings. The highest BCUT2D eigenvalue weighted by molar-refractivity contribution is 5.41. The molecule has 1 unspecified atom stereocenters. The number of para-hydroxylation sites is 1. The molecule has 0 saturated carbocycles. The second kappa shape index (κ2) is 8.01. The normalized spacial score (nSPS) is 25.4. The molecule has 0 amide bonds. The Morgan fingerprint density at radius 1 is 1.31 bits per heavy atom. The molecule has 0 spiro atoms. The van der Waals surface area contributed by atoms with Gasteiger partial charge in [0, 0.05) is 44.0 Å². The van der Waals surface area contributed by atoms with Gasteiger partial charge in [0.25, 0.3) is 0 Å². The fourth-order valence-corrected chi connectivity index (χ4v) is 3.99. The van der Waals surface area contributed by atoms with E-state index < -0.39 is 0 Å². The molecule has 1 aromatic carbocycles. The second-order valence-electron chi connectivity index (χ2n) is 6.96. The Morgan fingerprint density at radius 2 is 2.23 bits per heavy atom. The van der Waals surface area contributed by atoms with Crippen molar-refractivity contribution in [3.63, 3.8) is 0 Å². The Balaban J connectivity index is 1.47. The summed E-state index contributed by atoms with van der Waals surface area (Å²) in [6.07, 6.45) is 6.79. The number of hydrogen-bond donors (Lipinski definition) is 1. The highest BCUT2D eigenvalue weighted by Crippen LogP contribution is 2.32. The average Bonchev–Trinajstić information content (AvgIpc) is 3.01. The lowest BCUT2D eigenvalue weighted by Crippen LogP contribution is -2.39. The molecular formula is C20H26N4O2. The van der Waals surface area contributed by atoms with Crippen LogP contribution in [-0.4, -0.2) is 48.9 Å². The van der Waals surface area contributed by atoms with E-state index >= 15 is 0 Å². The number of ether oxygens (including phenoxy) is 2. The predicted octanol–water partition coefficient (Wildman–Crippen LogP) is 2.57. The van der Waals surface area contributed by atoms with Crippen molar-refractivity contribution in [3.8, 4) is 5.75 Å². The van der Waals surface area contributed by atoms with Crippen molar-refractivity contribution in [2.24, 2.45) is 0 Å². The molecule has 0 aliphatic carbocycles. The van der Waals surface area contributed by atoms with Crippen LogP contribution < -0.4 is 15.0 Å². The van der Waals surface area contributed by atoms with Gasteiger partial charge < -0.3 is 19.7 Å². The summed E-state index contributed by atoms with van der Waals surface area (Å²) in [7, 11) is 1.79. The zero-order valence-corrected chi connectivity index (χ0v) is 15.2. The number of nitrogens with zero attached hydrogens (tertiary/aromatic N) is 3. The van der Waals surface area contributed by atoms with E-state index in [0.29, 0.717) is 12.1 Å². The van der Waals surface area contributed by atoms with Crippen molar-refractivity contribution in [2.45, 2.75) is 37.5 Å². The summed E-state index contributed by atoms with van der Waals surface area (Å²) in [6.45, 7) is 2.55. The van der Waals surface area contributed by atoms with E-state index in [4.69, 9.17) is 9.47 Å². The first kappa shape index (κ1) is 17.2. The lowest BCUT2D eigenvalue weighted by atomic mass is 10.0. The first-order valence-electron chi connectivity index (χ1n) is 9.35. The molecule has 1 fully saturated rings. The van der Waals surface area contributed by atoms with Crippen LogP contribution >= 0.6 is 0 Å². The molecule has 1 saturated heterocycles. The monoisotopic (exact) mass is 354 g/mol. The van der Waals surface area contributed by atoms with Crippen LogP contribution in [0.15, 0.2) is 42.9 Å². The molecule has 3 heterocycles. The smallest absolute Gasteiger partial charge is 0.132 e. The quantitative estimate of drug-likeness (QED) is 0.891. The maximum absolute atomic E-state index is 5.89. The fraction of sp³-hybridized carbons (Fsp3) is 0.500. The number of anilines is 1. The first-order valence-corrected chi connectivity index (χ1v) is 9.35.